The van der Waals surface area contributed by atoms with Crippen LogP contribution in [0.25, 0.3) is 0 Å². The molecule has 0 aliphatic carbocycles. The van der Waals surface area contributed by atoms with E-state index in [1.807, 2.05) is 6.07 Å². The van der Waals surface area contributed by atoms with Crippen LogP contribution in [0.4, 0.5) is 17.3 Å². The molecule has 2 aromatic rings. The molecule has 0 aliphatic heterocycles. The largest absolute Gasteiger partial charge is 0.370 e. The first-order valence-corrected chi connectivity index (χ1v) is 7.61. The van der Waals surface area contributed by atoms with E-state index < -0.39 is 0 Å². The van der Waals surface area contributed by atoms with Gasteiger partial charge in [0.15, 0.2) is 0 Å². The Kier molecular flexibility index (Phi) is 5.14. The number of nitrogens with one attached hydrogen (secondary N) is 2. The van der Waals surface area contributed by atoms with E-state index in [1.54, 1.807) is 6.33 Å². The second-order valence-corrected chi connectivity index (χ2v) is 5.30. The number of hydrogen-bond donors (Lipinski definition) is 2. The van der Waals surface area contributed by atoms with Crippen LogP contribution in [0.2, 0.25) is 0 Å². The van der Waals surface area contributed by atoms with Crippen molar-refractivity contribution in [1.29, 1.82) is 0 Å². The molecule has 21 heavy (non-hydrogen) atoms. The summed E-state index contributed by atoms with van der Waals surface area (Å²) < 4.78 is 0. The Morgan fingerprint density at radius 3 is 2.43 bits per heavy atom. The molecule has 0 spiro atoms. The molecule has 0 radical (unpaired) electrons. The fourth-order valence-electron chi connectivity index (χ4n) is 2.42. The lowest BCUT2D eigenvalue weighted by Gasteiger charge is -2.17. The predicted octanol–water partition coefficient (Wildman–Crippen LogP) is 4.34. The summed E-state index contributed by atoms with van der Waals surface area (Å²) in [6.45, 7) is 9.45. The van der Waals surface area contributed by atoms with Gasteiger partial charge in [-0.15, -0.1) is 0 Å². The average molecular weight is 284 g/mol. The number of rotatable bonds is 6. The van der Waals surface area contributed by atoms with Gasteiger partial charge in [0.1, 0.15) is 18.0 Å². The molecule has 0 bridgehead atoms. The van der Waals surface area contributed by atoms with E-state index in [-0.39, 0.29) is 0 Å². The first kappa shape index (κ1) is 15.3. The smallest absolute Gasteiger partial charge is 0.139 e. The van der Waals surface area contributed by atoms with Gasteiger partial charge in [0.25, 0.3) is 0 Å². The van der Waals surface area contributed by atoms with E-state index in [0.717, 1.165) is 35.9 Å². The predicted molar refractivity (Wildman–Crippen MR) is 89.4 cm³/mol. The third-order valence-corrected chi connectivity index (χ3v) is 3.48. The standard InChI is InChI=1S/C17H24N4/c1-5-13-16(18-6-2)19-11-20-17(13)21-15-10-8-7-9-14(15)12(3)4/h7-12H,5-6H2,1-4H3,(H2,18,19,20,21). The highest BCUT2D eigenvalue weighted by molar-refractivity contribution is 5.67. The van der Waals surface area contributed by atoms with Crippen molar-refractivity contribution in [1.82, 2.24) is 9.97 Å². The zero-order valence-electron chi connectivity index (χ0n) is 13.3. The Hall–Kier alpha value is -2.10. The zero-order chi connectivity index (χ0) is 15.2. The highest BCUT2D eigenvalue weighted by Crippen LogP contribution is 2.29. The van der Waals surface area contributed by atoms with E-state index in [2.05, 4.69) is 66.5 Å². The molecule has 4 heteroatoms. The molecule has 2 rings (SSSR count). The van der Waals surface area contributed by atoms with Crippen LogP contribution in [0.1, 0.15) is 44.7 Å². The second-order valence-electron chi connectivity index (χ2n) is 5.30. The Balaban J connectivity index is 2.38. The molecular formula is C17H24N4. The topological polar surface area (TPSA) is 49.8 Å². The van der Waals surface area contributed by atoms with Crippen molar-refractivity contribution in [3.63, 3.8) is 0 Å². The van der Waals surface area contributed by atoms with Crippen molar-refractivity contribution in [3.05, 3.63) is 41.7 Å². The van der Waals surface area contributed by atoms with Crippen LogP contribution in [-0.2, 0) is 6.42 Å². The third-order valence-electron chi connectivity index (χ3n) is 3.48. The Morgan fingerprint density at radius 1 is 1.05 bits per heavy atom. The van der Waals surface area contributed by atoms with Gasteiger partial charge in [-0.25, -0.2) is 9.97 Å². The molecule has 1 aromatic carbocycles. The van der Waals surface area contributed by atoms with Gasteiger partial charge in [-0.3, -0.25) is 0 Å². The van der Waals surface area contributed by atoms with Crippen LogP contribution in [0, 0.1) is 0 Å². The zero-order valence-corrected chi connectivity index (χ0v) is 13.3. The lowest BCUT2D eigenvalue weighted by atomic mass is 10.0. The number of anilines is 3. The van der Waals surface area contributed by atoms with Crippen molar-refractivity contribution < 1.29 is 0 Å². The van der Waals surface area contributed by atoms with Gasteiger partial charge >= 0.3 is 0 Å². The van der Waals surface area contributed by atoms with Crippen LogP contribution in [0.3, 0.4) is 0 Å². The summed E-state index contributed by atoms with van der Waals surface area (Å²) in [7, 11) is 0. The molecule has 4 nitrogen and oxygen atoms in total. The Labute approximate surface area is 127 Å². The average Bonchev–Trinajstić information content (AvgIpc) is 2.48. The summed E-state index contributed by atoms with van der Waals surface area (Å²) in [4.78, 5) is 8.76. The summed E-state index contributed by atoms with van der Waals surface area (Å²) in [5.41, 5.74) is 3.53. The maximum atomic E-state index is 4.43. The fraction of sp³-hybridized carbons (Fsp3) is 0.412. The van der Waals surface area contributed by atoms with Crippen molar-refractivity contribution >= 4 is 17.3 Å². The number of para-hydroxylation sites is 1. The molecule has 112 valence electrons. The molecule has 0 aliphatic rings. The molecule has 1 aromatic heterocycles. The first-order valence-electron chi connectivity index (χ1n) is 7.61. The van der Waals surface area contributed by atoms with E-state index >= 15 is 0 Å². The highest BCUT2D eigenvalue weighted by atomic mass is 15.1. The quantitative estimate of drug-likeness (QED) is 0.828. The Morgan fingerprint density at radius 2 is 1.76 bits per heavy atom. The minimum Gasteiger partial charge on any atom is -0.370 e. The second kappa shape index (κ2) is 7.07. The molecule has 0 amide bonds. The van der Waals surface area contributed by atoms with Crippen LogP contribution >= 0.6 is 0 Å². The van der Waals surface area contributed by atoms with Gasteiger partial charge in [0.2, 0.25) is 0 Å². The number of benzene rings is 1. The molecule has 1 heterocycles. The van der Waals surface area contributed by atoms with Crippen molar-refractivity contribution in [2.24, 2.45) is 0 Å². The van der Waals surface area contributed by atoms with Gasteiger partial charge in [-0.2, -0.15) is 0 Å². The summed E-state index contributed by atoms with van der Waals surface area (Å²) in [5, 5.41) is 6.78. The van der Waals surface area contributed by atoms with Crippen LogP contribution in [-0.4, -0.2) is 16.5 Å². The van der Waals surface area contributed by atoms with Crippen LogP contribution in [0.15, 0.2) is 30.6 Å². The summed E-state index contributed by atoms with van der Waals surface area (Å²) >= 11 is 0. The van der Waals surface area contributed by atoms with Gasteiger partial charge in [0.05, 0.1) is 0 Å². The Bertz CT molecular complexity index is 593. The van der Waals surface area contributed by atoms with Crippen LogP contribution in [0.5, 0.6) is 0 Å². The lowest BCUT2D eigenvalue weighted by molar-refractivity contribution is 0.868. The minimum absolute atomic E-state index is 0.467. The van der Waals surface area contributed by atoms with E-state index in [1.165, 1.54) is 5.56 Å². The van der Waals surface area contributed by atoms with Crippen molar-refractivity contribution in [2.75, 3.05) is 17.2 Å². The molecule has 2 N–H and O–H groups in total. The SMILES string of the molecule is CCNc1ncnc(Nc2ccccc2C(C)C)c1CC. The summed E-state index contributed by atoms with van der Waals surface area (Å²) in [5.74, 6) is 2.27. The van der Waals surface area contributed by atoms with E-state index in [4.69, 9.17) is 0 Å². The van der Waals surface area contributed by atoms with Crippen molar-refractivity contribution in [3.8, 4) is 0 Å². The van der Waals surface area contributed by atoms with Gasteiger partial charge in [0, 0.05) is 17.8 Å². The fourth-order valence-corrected chi connectivity index (χ4v) is 2.42. The number of hydrogen-bond acceptors (Lipinski definition) is 4. The molecule has 0 atom stereocenters. The molecule has 0 saturated heterocycles. The third kappa shape index (κ3) is 3.51. The van der Waals surface area contributed by atoms with Gasteiger partial charge < -0.3 is 10.6 Å². The lowest BCUT2D eigenvalue weighted by Crippen LogP contribution is -2.08. The summed E-state index contributed by atoms with van der Waals surface area (Å²) in [6, 6.07) is 8.38. The van der Waals surface area contributed by atoms with E-state index in [9.17, 15) is 0 Å². The van der Waals surface area contributed by atoms with Gasteiger partial charge in [-0.1, -0.05) is 39.0 Å². The number of aromatic nitrogens is 2. The molecule has 0 unspecified atom stereocenters. The van der Waals surface area contributed by atoms with E-state index in [0.29, 0.717) is 5.92 Å². The van der Waals surface area contributed by atoms with Gasteiger partial charge in [-0.05, 0) is 30.9 Å². The number of nitrogens with zero attached hydrogens (tertiary/aromatic N) is 2. The normalized spacial score (nSPS) is 10.7. The first-order chi connectivity index (χ1) is 10.2. The maximum Gasteiger partial charge on any atom is 0.139 e. The van der Waals surface area contributed by atoms with Crippen molar-refractivity contribution in [2.45, 2.75) is 40.0 Å². The monoisotopic (exact) mass is 284 g/mol. The molecular weight excluding hydrogens is 260 g/mol. The molecule has 0 saturated carbocycles. The molecule has 0 fully saturated rings. The summed E-state index contributed by atoms with van der Waals surface area (Å²) in [6.07, 6.45) is 2.49. The highest BCUT2D eigenvalue weighted by Gasteiger charge is 2.12. The maximum absolute atomic E-state index is 4.43. The minimum atomic E-state index is 0.467. The van der Waals surface area contributed by atoms with Crippen LogP contribution < -0.4 is 10.6 Å².